The van der Waals surface area contributed by atoms with Crippen LogP contribution in [-0.4, -0.2) is 16.1 Å². The summed E-state index contributed by atoms with van der Waals surface area (Å²) in [7, 11) is 0. The van der Waals surface area contributed by atoms with Crippen molar-refractivity contribution >= 4 is 21.9 Å². The van der Waals surface area contributed by atoms with E-state index < -0.39 is 5.97 Å². The third-order valence-corrected chi connectivity index (χ3v) is 3.14. The molecule has 0 atom stereocenters. The lowest BCUT2D eigenvalue weighted by Crippen LogP contribution is -2.01. The second-order valence-electron chi connectivity index (χ2n) is 4.71. The van der Waals surface area contributed by atoms with Gasteiger partial charge >= 0.3 is 5.97 Å². The number of oxazole rings is 1. The number of aryl methyl sites for hydroxylation is 1. The second-order valence-corrected chi connectivity index (χ2v) is 5.63. The van der Waals surface area contributed by atoms with Gasteiger partial charge in [0.2, 0.25) is 11.7 Å². The van der Waals surface area contributed by atoms with Gasteiger partial charge in [0.25, 0.3) is 0 Å². The molecule has 0 aliphatic rings. The maximum atomic E-state index is 11.2. The number of nitrogens with zero attached hydrogens (tertiary/aromatic N) is 1. The highest BCUT2D eigenvalue weighted by atomic mass is 79.9. The molecule has 0 amide bonds. The molecule has 100 valence electrons. The molecule has 4 nitrogen and oxygen atoms in total. The van der Waals surface area contributed by atoms with E-state index in [-0.39, 0.29) is 11.7 Å². The van der Waals surface area contributed by atoms with E-state index >= 15 is 0 Å². The van der Waals surface area contributed by atoms with Crippen molar-refractivity contribution in [2.45, 2.75) is 26.7 Å². The van der Waals surface area contributed by atoms with Gasteiger partial charge in [0.05, 0.1) is 5.69 Å². The van der Waals surface area contributed by atoms with Gasteiger partial charge in [-0.3, -0.25) is 0 Å². The van der Waals surface area contributed by atoms with Gasteiger partial charge < -0.3 is 9.52 Å². The third-order valence-electron chi connectivity index (χ3n) is 2.68. The molecule has 0 aliphatic carbocycles. The molecule has 2 rings (SSSR count). The van der Waals surface area contributed by atoms with E-state index in [0.29, 0.717) is 11.6 Å². The predicted molar refractivity (Wildman–Crippen MR) is 75.4 cm³/mol. The molecule has 0 saturated carbocycles. The minimum absolute atomic E-state index is 0.00292. The number of aromatic carboxylic acids is 1. The van der Waals surface area contributed by atoms with Crippen LogP contribution in [0.5, 0.6) is 0 Å². The fourth-order valence-corrected chi connectivity index (χ4v) is 2.47. The van der Waals surface area contributed by atoms with Crippen LogP contribution in [0.3, 0.4) is 0 Å². The van der Waals surface area contributed by atoms with Gasteiger partial charge in [-0.05, 0) is 36.6 Å². The van der Waals surface area contributed by atoms with Gasteiger partial charge in [0.1, 0.15) is 0 Å². The van der Waals surface area contributed by atoms with Crippen LogP contribution in [0.2, 0.25) is 0 Å². The van der Waals surface area contributed by atoms with Crippen molar-refractivity contribution in [1.82, 2.24) is 4.98 Å². The molecule has 5 heteroatoms. The van der Waals surface area contributed by atoms with Crippen LogP contribution in [-0.2, 0) is 0 Å². The number of carboxylic acids is 1. The topological polar surface area (TPSA) is 63.3 Å². The Morgan fingerprint density at radius 3 is 2.53 bits per heavy atom. The van der Waals surface area contributed by atoms with Gasteiger partial charge in [0, 0.05) is 10.0 Å². The van der Waals surface area contributed by atoms with Crippen LogP contribution in [0.15, 0.2) is 27.1 Å². The van der Waals surface area contributed by atoms with Crippen molar-refractivity contribution < 1.29 is 14.3 Å². The summed E-state index contributed by atoms with van der Waals surface area (Å²) in [6.45, 7) is 5.74. The molecule has 19 heavy (non-hydrogen) atoms. The van der Waals surface area contributed by atoms with Gasteiger partial charge in [-0.2, -0.15) is 0 Å². The first-order chi connectivity index (χ1) is 8.88. The minimum atomic E-state index is -1.09. The molecule has 2 aromatic rings. The normalized spacial score (nSPS) is 11.0. The van der Waals surface area contributed by atoms with E-state index in [4.69, 9.17) is 9.52 Å². The van der Waals surface area contributed by atoms with E-state index in [1.165, 1.54) is 0 Å². The molecular formula is C14H14BrNO3. The molecule has 0 saturated heterocycles. The van der Waals surface area contributed by atoms with Crippen molar-refractivity contribution in [2.24, 2.45) is 0 Å². The van der Waals surface area contributed by atoms with Crippen LogP contribution < -0.4 is 0 Å². The van der Waals surface area contributed by atoms with Crippen LogP contribution in [0.1, 0.15) is 41.6 Å². The van der Waals surface area contributed by atoms with Crippen molar-refractivity contribution in [3.05, 3.63) is 39.7 Å². The maximum absolute atomic E-state index is 11.2. The van der Waals surface area contributed by atoms with Gasteiger partial charge in [-0.15, -0.1) is 0 Å². The molecule has 1 heterocycles. The summed E-state index contributed by atoms with van der Waals surface area (Å²) in [5.74, 6) is -0.834. The maximum Gasteiger partial charge on any atom is 0.373 e. The molecule has 0 spiro atoms. The fourth-order valence-electron chi connectivity index (χ4n) is 1.86. The number of benzene rings is 1. The predicted octanol–water partition coefficient (Wildman–Crippen LogP) is 4.23. The zero-order valence-electron chi connectivity index (χ0n) is 10.9. The van der Waals surface area contributed by atoms with Crippen molar-refractivity contribution in [3.8, 4) is 11.5 Å². The fraction of sp³-hybridized carbons (Fsp3) is 0.286. The molecule has 0 fully saturated rings. The third kappa shape index (κ3) is 2.87. The largest absolute Gasteiger partial charge is 0.475 e. The number of carboxylic acid groups (broad SMARTS) is 1. The second kappa shape index (κ2) is 5.17. The Morgan fingerprint density at radius 1 is 1.37 bits per heavy atom. The first-order valence-corrected chi connectivity index (χ1v) is 6.69. The van der Waals surface area contributed by atoms with E-state index in [1.54, 1.807) is 0 Å². The summed E-state index contributed by atoms with van der Waals surface area (Å²) < 4.78 is 6.31. The molecule has 1 aromatic heterocycles. The Bertz CT molecular complexity index is 611. The Kier molecular flexibility index (Phi) is 3.75. The Hall–Kier alpha value is -1.62. The molecule has 0 bridgehead atoms. The summed E-state index contributed by atoms with van der Waals surface area (Å²) in [6, 6.07) is 5.73. The Balaban J connectivity index is 2.57. The summed E-state index contributed by atoms with van der Waals surface area (Å²) in [4.78, 5) is 15.5. The highest BCUT2D eigenvalue weighted by Gasteiger charge is 2.22. The lowest BCUT2D eigenvalue weighted by atomic mass is 10.1. The zero-order valence-corrected chi connectivity index (χ0v) is 12.5. The SMILES string of the molecule is Cc1cc(Br)cc(-c2nc(C(C)C)c(C(=O)O)o2)c1. The number of rotatable bonds is 3. The van der Waals surface area contributed by atoms with E-state index in [2.05, 4.69) is 20.9 Å². The van der Waals surface area contributed by atoms with Crippen LogP contribution in [0, 0.1) is 6.92 Å². The summed E-state index contributed by atoms with van der Waals surface area (Å²) >= 11 is 3.41. The Labute approximate surface area is 119 Å². The van der Waals surface area contributed by atoms with Gasteiger partial charge in [-0.25, -0.2) is 9.78 Å². The van der Waals surface area contributed by atoms with Crippen LogP contribution in [0.4, 0.5) is 0 Å². The Morgan fingerprint density at radius 2 is 2.05 bits per heavy atom. The van der Waals surface area contributed by atoms with E-state index in [9.17, 15) is 4.79 Å². The zero-order chi connectivity index (χ0) is 14.2. The number of carbonyl (C=O) groups is 1. The van der Waals surface area contributed by atoms with Crippen LogP contribution >= 0.6 is 15.9 Å². The van der Waals surface area contributed by atoms with Crippen molar-refractivity contribution in [3.63, 3.8) is 0 Å². The number of aromatic nitrogens is 1. The highest BCUT2D eigenvalue weighted by Crippen LogP contribution is 2.29. The lowest BCUT2D eigenvalue weighted by Gasteiger charge is -1.99. The summed E-state index contributed by atoms with van der Waals surface area (Å²) in [6.07, 6.45) is 0. The van der Waals surface area contributed by atoms with Crippen LogP contribution in [0.25, 0.3) is 11.5 Å². The van der Waals surface area contributed by atoms with Crippen molar-refractivity contribution in [2.75, 3.05) is 0 Å². The van der Waals surface area contributed by atoms with Gasteiger partial charge in [0.15, 0.2) is 0 Å². The summed E-state index contributed by atoms with van der Waals surface area (Å²) in [5, 5.41) is 9.14. The van der Waals surface area contributed by atoms with Crippen molar-refractivity contribution in [1.29, 1.82) is 0 Å². The quantitative estimate of drug-likeness (QED) is 0.917. The molecule has 1 aromatic carbocycles. The van der Waals surface area contributed by atoms with E-state index in [0.717, 1.165) is 15.6 Å². The lowest BCUT2D eigenvalue weighted by molar-refractivity contribution is 0.0661. The monoisotopic (exact) mass is 323 g/mol. The molecule has 0 unspecified atom stereocenters. The highest BCUT2D eigenvalue weighted by molar-refractivity contribution is 9.10. The molecular weight excluding hydrogens is 310 g/mol. The number of hydrogen-bond donors (Lipinski definition) is 1. The van der Waals surface area contributed by atoms with Gasteiger partial charge in [-0.1, -0.05) is 29.8 Å². The average Bonchev–Trinajstić information content (AvgIpc) is 2.72. The number of halogens is 1. The standard InChI is InChI=1S/C14H14BrNO3/c1-7(2)11-12(14(17)18)19-13(16-11)9-4-8(3)5-10(15)6-9/h4-7H,1-3H3,(H,17,18). The first kappa shape index (κ1) is 13.8. The number of hydrogen-bond acceptors (Lipinski definition) is 3. The summed E-state index contributed by atoms with van der Waals surface area (Å²) in [5.41, 5.74) is 2.28. The smallest absolute Gasteiger partial charge is 0.373 e. The molecule has 1 N–H and O–H groups in total. The molecule has 0 radical (unpaired) electrons. The van der Waals surface area contributed by atoms with E-state index in [1.807, 2.05) is 39.0 Å². The first-order valence-electron chi connectivity index (χ1n) is 5.90. The minimum Gasteiger partial charge on any atom is -0.475 e. The average molecular weight is 324 g/mol. The molecule has 0 aliphatic heterocycles.